The lowest BCUT2D eigenvalue weighted by atomic mass is 10.0. The Hall–Kier alpha value is -2.63. The molecule has 0 atom stereocenters. The Morgan fingerprint density at radius 2 is 1.88 bits per heavy atom. The normalized spacial score (nSPS) is 13.9. The largest absolute Gasteiger partial charge is 0.478 e. The first-order chi connectivity index (χ1) is 11.5. The van der Waals surface area contributed by atoms with Crippen LogP contribution >= 0.6 is 0 Å². The van der Waals surface area contributed by atoms with E-state index in [0.29, 0.717) is 16.9 Å². The van der Waals surface area contributed by atoms with Gasteiger partial charge in [-0.1, -0.05) is 17.6 Å². The second kappa shape index (κ2) is 6.47. The first kappa shape index (κ1) is 16.2. The number of anilines is 1. The number of carboxylic acids is 1. The minimum absolute atomic E-state index is 0.176. The maximum atomic E-state index is 12.6. The summed E-state index contributed by atoms with van der Waals surface area (Å²) in [6, 6.07) is 3.24. The van der Waals surface area contributed by atoms with Gasteiger partial charge in [0.1, 0.15) is 5.76 Å². The fourth-order valence-electron chi connectivity index (χ4n) is 3.14. The van der Waals surface area contributed by atoms with Gasteiger partial charge in [0, 0.05) is 17.7 Å². The van der Waals surface area contributed by atoms with Crippen LogP contribution in [0.4, 0.5) is 5.69 Å². The Bertz CT molecular complexity index is 808. The number of aryl methyl sites for hydroxylation is 3. The van der Waals surface area contributed by atoms with Crippen molar-refractivity contribution in [3.63, 3.8) is 0 Å². The van der Waals surface area contributed by atoms with E-state index in [4.69, 9.17) is 4.52 Å². The third-order valence-electron chi connectivity index (χ3n) is 4.47. The molecule has 2 aromatic rings. The van der Waals surface area contributed by atoms with Crippen molar-refractivity contribution >= 4 is 17.6 Å². The number of hydrogen-bond acceptors (Lipinski definition) is 4. The van der Waals surface area contributed by atoms with E-state index in [1.807, 2.05) is 6.92 Å². The minimum Gasteiger partial charge on any atom is -0.478 e. The summed E-state index contributed by atoms with van der Waals surface area (Å²) >= 11 is 0. The maximum Gasteiger partial charge on any atom is 0.336 e. The summed E-state index contributed by atoms with van der Waals surface area (Å²) in [5, 5.41) is 16.0. The molecule has 0 fully saturated rings. The topological polar surface area (TPSA) is 92.4 Å². The molecule has 6 nitrogen and oxygen atoms in total. The van der Waals surface area contributed by atoms with Gasteiger partial charge in [0.2, 0.25) is 0 Å². The summed E-state index contributed by atoms with van der Waals surface area (Å²) < 4.78 is 5.33. The molecule has 1 amide bonds. The third-order valence-corrected chi connectivity index (χ3v) is 4.47. The number of aromatic carboxylic acids is 1. The quantitative estimate of drug-likeness (QED) is 0.841. The number of carbonyl (C=O) groups is 2. The average molecular weight is 328 g/mol. The van der Waals surface area contributed by atoms with Gasteiger partial charge in [-0.3, -0.25) is 4.79 Å². The fraction of sp³-hybridized carbons (Fsp3) is 0.389. The minimum atomic E-state index is -1.02. The van der Waals surface area contributed by atoms with E-state index in [1.54, 1.807) is 13.0 Å². The molecule has 1 aliphatic rings. The molecule has 0 aliphatic heterocycles. The van der Waals surface area contributed by atoms with Crippen molar-refractivity contribution in [2.45, 2.75) is 46.0 Å². The van der Waals surface area contributed by atoms with E-state index in [1.165, 1.54) is 6.07 Å². The van der Waals surface area contributed by atoms with E-state index in [2.05, 4.69) is 10.5 Å². The van der Waals surface area contributed by atoms with E-state index in [9.17, 15) is 14.7 Å². The zero-order valence-electron chi connectivity index (χ0n) is 13.8. The third kappa shape index (κ3) is 3.04. The number of amides is 1. The Kier molecular flexibility index (Phi) is 4.38. The molecule has 0 saturated heterocycles. The Morgan fingerprint density at radius 1 is 1.12 bits per heavy atom. The fourth-order valence-corrected chi connectivity index (χ4v) is 3.14. The van der Waals surface area contributed by atoms with Crippen LogP contribution in [0, 0.1) is 13.8 Å². The molecule has 0 saturated carbocycles. The van der Waals surface area contributed by atoms with Crippen molar-refractivity contribution in [2.24, 2.45) is 0 Å². The summed E-state index contributed by atoms with van der Waals surface area (Å²) in [7, 11) is 0. The predicted octanol–water partition coefficient (Wildman–Crippen LogP) is 3.51. The number of aromatic nitrogens is 1. The van der Waals surface area contributed by atoms with Crippen molar-refractivity contribution < 1.29 is 19.2 Å². The summed E-state index contributed by atoms with van der Waals surface area (Å²) in [5.74, 6) is -0.576. The molecule has 0 radical (unpaired) electrons. The smallest absolute Gasteiger partial charge is 0.336 e. The van der Waals surface area contributed by atoms with Crippen LogP contribution < -0.4 is 5.32 Å². The van der Waals surface area contributed by atoms with Crippen LogP contribution in [-0.2, 0) is 12.8 Å². The van der Waals surface area contributed by atoms with Gasteiger partial charge in [0.05, 0.1) is 5.56 Å². The highest BCUT2D eigenvalue weighted by molar-refractivity contribution is 6.05. The summed E-state index contributed by atoms with van der Waals surface area (Å²) in [4.78, 5) is 23.9. The van der Waals surface area contributed by atoms with Crippen LogP contribution in [0.3, 0.4) is 0 Å². The molecule has 126 valence electrons. The zero-order chi connectivity index (χ0) is 17.3. The number of hydrogen-bond donors (Lipinski definition) is 2. The zero-order valence-corrected chi connectivity index (χ0v) is 13.8. The molecule has 24 heavy (non-hydrogen) atoms. The van der Waals surface area contributed by atoms with Gasteiger partial charge < -0.3 is 14.9 Å². The van der Waals surface area contributed by atoms with Crippen molar-refractivity contribution in [1.82, 2.24) is 5.16 Å². The lowest BCUT2D eigenvalue weighted by Crippen LogP contribution is -2.16. The van der Waals surface area contributed by atoms with Crippen molar-refractivity contribution in [3.8, 4) is 0 Å². The second-order valence-electron chi connectivity index (χ2n) is 6.23. The lowest BCUT2D eigenvalue weighted by Gasteiger charge is -2.11. The molecular weight excluding hydrogens is 308 g/mol. The monoisotopic (exact) mass is 328 g/mol. The summed E-state index contributed by atoms with van der Waals surface area (Å²) in [6.45, 7) is 3.57. The number of nitrogens with zero attached hydrogens (tertiary/aromatic N) is 1. The first-order valence-electron chi connectivity index (χ1n) is 8.10. The van der Waals surface area contributed by atoms with E-state index < -0.39 is 5.97 Å². The van der Waals surface area contributed by atoms with Gasteiger partial charge in [0.25, 0.3) is 5.91 Å². The Labute approximate surface area is 139 Å². The van der Waals surface area contributed by atoms with Crippen LogP contribution in [0.1, 0.15) is 62.6 Å². The van der Waals surface area contributed by atoms with Crippen molar-refractivity contribution in [2.75, 3.05) is 5.32 Å². The highest BCUT2D eigenvalue weighted by Crippen LogP contribution is 2.26. The number of rotatable bonds is 3. The van der Waals surface area contributed by atoms with Gasteiger partial charge in [-0.05, 0) is 50.3 Å². The van der Waals surface area contributed by atoms with E-state index in [0.717, 1.165) is 49.0 Å². The Balaban J connectivity index is 1.89. The lowest BCUT2D eigenvalue weighted by molar-refractivity contribution is 0.0695. The van der Waals surface area contributed by atoms with E-state index in [-0.39, 0.29) is 11.5 Å². The standard InChI is InChI=1S/C18H20N2O4/c1-10-8-11(2)14(9-13(10)18(22)23)19-17(21)16-12-6-4-3-5-7-15(12)24-20-16/h8-9H,3-7H2,1-2H3,(H,19,21)(H,22,23). The highest BCUT2D eigenvalue weighted by atomic mass is 16.5. The number of fused-ring (bicyclic) bond motifs is 1. The molecule has 2 N–H and O–H groups in total. The van der Waals surface area contributed by atoms with E-state index >= 15 is 0 Å². The SMILES string of the molecule is Cc1cc(C)c(C(=O)O)cc1NC(=O)c1noc2c1CCCCC2. The molecule has 1 aromatic heterocycles. The molecule has 1 heterocycles. The molecule has 0 bridgehead atoms. The molecule has 0 spiro atoms. The Morgan fingerprint density at radius 3 is 2.62 bits per heavy atom. The maximum absolute atomic E-state index is 12.6. The van der Waals surface area contributed by atoms with Gasteiger partial charge in [-0.25, -0.2) is 4.79 Å². The van der Waals surface area contributed by atoms with Crippen molar-refractivity contribution in [1.29, 1.82) is 0 Å². The molecule has 3 rings (SSSR count). The highest BCUT2D eigenvalue weighted by Gasteiger charge is 2.23. The average Bonchev–Trinajstić information content (AvgIpc) is 2.78. The van der Waals surface area contributed by atoms with Gasteiger partial charge in [-0.15, -0.1) is 0 Å². The van der Waals surface area contributed by atoms with Crippen LogP contribution in [0.25, 0.3) is 0 Å². The van der Waals surface area contributed by atoms with Crippen molar-refractivity contribution in [3.05, 3.63) is 45.8 Å². The van der Waals surface area contributed by atoms with Crippen LogP contribution in [0.2, 0.25) is 0 Å². The number of carboxylic acid groups (broad SMARTS) is 1. The first-order valence-corrected chi connectivity index (χ1v) is 8.10. The van der Waals surface area contributed by atoms with Gasteiger partial charge in [-0.2, -0.15) is 0 Å². The summed E-state index contributed by atoms with van der Waals surface area (Å²) in [5.41, 5.74) is 3.31. The molecule has 6 heteroatoms. The summed E-state index contributed by atoms with van der Waals surface area (Å²) in [6.07, 6.45) is 4.77. The van der Waals surface area contributed by atoms with Crippen LogP contribution in [0.5, 0.6) is 0 Å². The molecular formula is C18H20N2O4. The van der Waals surface area contributed by atoms with Gasteiger partial charge in [0.15, 0.2) is 5.69 Å². The number of benzene rings is 1. The van der Waals surface area contributed by atoms with Crippen LogP contribution in [0.15, 0.2) is 16.7 Å². The molecule has 1 aromatic carbocycles. The molecule has 1 aliphatic carbocycles. The number of carbonyl (C=O) groups excluding carboxylic acids is 1. The second-order valence-corrected chi connectivity index (χ2v) is 6.23. The molecule has 0 unspecified atom stereocenters. The predicted molar refractivity (Wildman–Crippen MR) is 88.6 cm³/mol. The number of nitrogens with one attached hydrogen (secondary N) is 1. The van der Waals surface area contributed by atoms with Gasteiger partial charge >= 0.3 is 5.97 Å². The van der Waals surface area contributed by atoms with Crippen LogP contribution in [-0.4, -0.2) is 22.1 Å².